The van der Waals surface area contributed by atoms with Gasteiger partial charge in [0.25, 0.3) is 17.5 Å². The smallest absolute Gasteiger partial charge is 0.321 e. The Kier molecular flexibility index (Phi) is 7.78. The molecule has 1 N–H and O–H groups in total. The van der Waals surface area contributed by atoms with Crippen molar-refractivity contribution in [1.29, 1.82) is 0 Å². The number of benzene rings is 2. The van der Waals surface area contributed by atoms with Gasteiger partial charge in [-0.15, -0.1) is 0 Å². The van der Waals surface area contributed by atoms with Gasteiger partial charge in [0.2, 0.25) is 0 Å². The molecule has 2 aromatic carbocycles. The number of pyridine rings is 2. The van der Waals surface area contributed by atoms with E-state index in [4.69, 9.17) is 0 Å². The average Bonchev–Trinajstić information content (AvgIpc) is 2.96. The van der Waals surface area contributed by atoms with Crippen LogP contribution in [0, 0.1) is 17.5 Å². The lowest BCUT2D eigenvalue weighted by molar-refractivity contribution is 0.0681. The van der Waals surface area contributed by atoms with Crippen molar-refractivity contribution in [3.8, 4) is 22.8 Å². The Balaban J connectivity index is 1.61. The largest absolute Gasteiger partial charge is 0.378 e. The first kappa shape index (κ1) is 29.5. The fraction of sp³-hybridized carbons (Fsp3) is 0.172. The molecule has 0 saturated carbocycles. The molecular formula is C29H20F7N5O2. The Bertz CT molecular complexity index is 1970. The molecule has 3 aromatic heterocycles. The number of anilines is 1. The van der Waals surface area contributed by atoms with E-state index in [1.165, 1.54) is 49.1 Å². The van der Waals surface area contributed by atoms with Crippen LogP contribution in [0.4, 0.5) is 36.4 Å². The van der Waals surface area contributed by atoms with E-state index in [0.717, 1.165) is 24.3 Å². The summed E-state index contributed by atoms with van der Waals surface area (Å²) < 4.78 is 98.1. The van der Waals surface area contributed by atoms with Gasteiger partial charge >= 0.3 is 6.55 Å². The van der Waals surface area contributed by atoms with Crippen molar-refractivity contribution in [2.75, 3.05) is 5.32 Å². The zero-order chi connectivity index (χ0) is 31.2. The molecule has 0 radical (unpaired) electrons. The van der Waals surface area contributed by atoms with Crippen LogP contribution in [0.3, 0.4) is 0 Å². The van der Waals surface area contributed by atoms with Gasteiger partial charge in [-0.2, -0.15) is 8.78 Å². The fourth-order valence-corrected chi connectivity index (χ4v) is 4.83. The summed E-state index contributed by atoms with van der Waals surface area (Å²) in [5.74, 6) is -4.18. The van der Waals surface area contributed by atoms with E-state index >= 15 is 0 Å². The molecule has 3 heterocycles. The van der Waals surface area contributed by atoms with Crippen molar-refractivity contribution in [1.82, 2.24) is 19.1 Å². The minimum Gasteiger partial charge on any atom is -0.378 e. The number of aromatic nitrogens is 4. The van der Waals surface area contributed by atoms with Gasteiger partial charge < -0.3 is 9.88 Å². The van der Waals surface area contributed by atoms with Crippen LogP contribution in [0.5, 0.6) is 0 Å². The predicted molar refractivity (Wildman–Crippen MR) is 144 cm³/mol. The summed E-state index contributed by atoms with van der Waals surface area (Å²) in [7, 11) is 1.40. The molecule has 0 aliphatic carbocycles. The standard InChI is InChI=1S/C29H20F7N5O2/c1-13(39-20-7-6-19(31)25(32)24(20)26(33)34)16-8-15(30)9-18-17(16)10-22(40(2)28(18)43)14-11-37-27(38-12-14)21-4-3-5-23(42)41(21)29(35)36/h3-13,26,29,39H,1-2H3/t13-/m1/s1. The maximum Gasteiger partial charge on any atom is 0.321 e. The molecule has 222 valence electrons. The van der Waals surface area contributed by atoms with Crippen LogP contribution in [0.15, 0.2) is 70.5 Å². The first-order chi connectivity index (χ1) is 20.4. The van der Waals surface area contributed by atoms with Crippen molar-refractivity contribution in [3.63, 3.8) is 0 Å². The van der Waals surface area contributed by atoms with Crippen molar-refractivity contribution in [2.24, 2.45) is 7.05 Å². The topological polar surface area (TPSA) is 81.8 Å². The maximum atomic E-state index is 14.7. The molecule has 7 nitrogen and oxygen atoms in total. The number of hydrogen-bond acceptors (Lipinski definition) is 5. The Labute approximate surface area is 237 Å². The third kappa shape index (κ3) is 5.35. The van der Waals surface area contributed by atoms with Gasteiger partial charge in [-0.1, -0.05) is 6.07 Å². The molecule has 0 bridgehead atoms. The van der Waals surface area contributed by atoms with Gasteiger partial charge in [-0.3, -0.25) is 9.59 Å². The number of nitrogens with zero attached hydrogens (tertiary/aromatic N) is 4. The van der Waals surface area contributed by atoms with E-state index in [0.29, 0.717) is 6.07 Å². The van der Waals surface area contributed by atoms with Gasteiger partial charge in [-0.25, -0.2) is 36.5 Å². The molecule has 0 amide bonds. The minimum atomic E-state index is -3.36. The molecule has 5 aromatic rings. The first-order valence-corrected chi connectivity index (χ1v) is 12.6. The highest BCUT2D eigenvalue weighted by Crippen LogP contribution is 2.35. The molecule has 0 fully saturated rings. The van der Waals surface area contributed by atoms with Crippen molar-refractivity contribution in [3.05, 3.63) is 110 Å². The molecule has 0 unspecified atom stereocenters. The van der Waals surface area contributed by atoms with E-state index in [9.17, 15) is 40.3 Å². The first-order valence-electron chi connectivity index (χ1n) is 12.6. The molecule has 1 atom stereocenters. The second-order valence-corrected chi connectivity index (χ2v) is 9.53. The van der Waals surface area contributed by atoms with Gasteiger partial charge in [0, 0.05) is 42.8 Å². The van der Waals surface area contributed by atoms with Crippen LogP contribution in [0.25, 0.3) is 33.5 Å². The lowest BCUT2D eigenvalue weighted by Crippen LogP contribution is -2.22. The van der Waals surface area contributed by atoms with Crippen LogP contribution >= 0.6 is 0 Å². The summed E-state index contributed by atoms with van der Waals surface area (Å²) in [6.07, 6.45) is -0.864. The number of rotatable bonds is 7. The van der Waals surface area contributed by atoms with E-state index < -0.39 is 58.8 Å². The zero-order valence-electron chi connectivity index (χ0n) is 22.3. The highest BCUT2D eigenvalue weighted by molar-refractivity contribution is 5.89. The number of alkyl halides is 4. The maximum absolute atomic E-state index is 14.7. The van der Waals surface area contributed by atoms with Crippen LogP contribution in [0.1, 0.15) is 37.1 Å². The summed E-state index contributed by atoms with van der Waals surface area (Å²) in [5.41, 5.74) is -2.83. The minimum absolute atomic E-state index is 0.0583. The molecular weight excluding hydrogens is 583 g/mol. The van der Waals surface area contributed by atoms with Crippen molar-refractivity contribution >= 4 is 16.5 Å². The molecule has 0 saturated heterocycles. The third-order valence-electron chi connectivity index (χ3n) is 6.91. The van der Waals surface area contributed by atoms with Crippen LogP contribution in [-0.4, -0.2) is 19.1 Å². The highest BCUT2D eigenvalue weighted by atomic mass is 19.3. The Morgan fingerprint density at radius 1 is 0.860 bits per heavy atom. The molecule has 0 aliphatic rings. The highest BCUT2D eigenvalue weighted by Gasteiger charge is 2.24. The number of hydrogen-bond donors (Lipinski definition) is 1. The van der Waals surface area contributed by atoms with Crippen molar-refractivity contribution in [2.45, 2.75) is 25.9 Å². The Morgan fingerprint density at radius 2 is 1.56 bits per heavy atom. The third-order valence-corrected chi connectivity index (χ3v) is 6.91. The number of nitrogens with one attached hydrogen (secondary N) is 1. The van der Waals surface area contributed by atoms with Gasteiger partial charge in [0.15, 0.2) is 17.5 Å². The quantitative estimate of drug-likeness (QED) is 0.208. The van der Waals surface area contributed by atoms with E-state index in [2.05, 4.69) is 15.3 Å². The van der Waals surface area contributed by atoms with Crippen LogP contribution < -0.4 is 16.4 Å². The molecule has 0 spiro atoms. The normalized spacial score (nSPS) is 12.3. The Hall–Kier alpha value is -5.01. The van der Waals surface area contributed by atoms with Crippen molar-refractivity contribution < 1.29 is 30.7 Å². The molecule has 43 heavy (non-hydrogen) atoms. The number of halogens is 7. The van der Waals surface area contributed by atoms with Gasteiger partial charge in [-0.05, 0) is 54.3 Å². The summed E-state index contributed by atoms with van der Waals surface area (Å²) in [4.78, 5) is 33.4. The van der Waals surface area contributed by atoms with Gasteiger partial charge in [0.05, 0.1) is 22.3 Å². The Morgan fingerprint density at radius 3 is 2.21 bits per heavy atom. The van der Waals surface area contributed by atoms with E-state index in [-0.39, 0.29) is 43.7 Å². The zero-order valence-corrected chi connectivity index (χ0v) is 22.3. The van der Waals surface area contributed by atoms with E-state index in [1.807, 2.05) is 0 Å². The summed E-state index contributed by atoms with van der Waals surface area (Å²) in [6.45, 7) is -1.69. The average molecular weight is 603 g/mol. The van der Waals surface area contributed by atoms with Crippen LogP contribution in [-0.2, 0) is 7.05 Å². The van der Waals surface area contributed by atoms with E-state index in [1.54, 1.807) is 0 Å². The van der Waals surface area contributed by atoms with Gasteiger partial charge in [0.1, 0.15) is 5.82 Å². The second-order valence-electron chi connectivity index (χ2n) is 9.53. The lowest BCUT2D eigenvalue weighted by Gasteiger charge is -2.21. The predicted octanol–water partition coefficient (Wildman–Crippen LogP) is 6.75. The fourth-order valence-electron chi connectivity index (χ4n) is 4.83. The second kappa shape index (κ2) is 11.3. The summed E-state index contributed by atoms with van der Waals surface area (Å²) in [5, 5.41) is 2.81. The lowest BCUT2D eigenvalue weighted by atomic mass is 9.98. The van der Waals surface area contributed by atoms with Crippen LogP contribution in [0.2, 0.25) is 0 Å². The summed E-state index contributed by atoms with van der Waals surface area (Å²) >= 11 is 0. The summed E-state index contributed by atoms with van der Waals surface area (Å²) in [6, 6.07) is 7.68. The number of fused-ring (bicyclic) bond motifs is 1. The molecule has 5 rings (SSSR count). The SMILES string of the molecule is C[C@@H](Nc1ccc(F)c(F)c1C(F)F)c1cc(F)cc2c(=O)n(C)c(-c3cnc(-c4cccc(=O)n4C(F)F)nc3)cc12. The molecule has 0 aliphatic heterocycles. The monoisotopic (exact) mass is 603 g/mol. The molecule has 14 heteroatoms.